The van der Waals surface area contributed by atoms with Crippen molar-refractivity contribution >= 4 is 5.97 Å². The van der Waals surface area contributed by atoms with E-state index in [1.807, 2.05) is 0 Å². The molecule has 5 heteroatoms. The van der Waals surface area contributed by atoms with E-state index in [-0.39, 0.29) is 12.6 Å². The highest BCUT2D eigenvalue weighted by molar-refractivity contribution is 5.76. The molecule has 1 unspecified atom stereocenters. The summed E-state index contributed by atoms with van der Waals surface area (Å²) in [7, 11) is 1.54. The van der Waals surface area contributed by atoms with Crippen LogP contribution in [0.4, 0.5) is 0 Å². The summed E-state index contributed by atoms with van der Waals surface area (Å²) in [5.41, 5.74) is 6.10. The number of hydrogen-bond acceptors (Lipinski definition) is 4. The molecule has 0 saturated heterocycles. The van der Waals surface area contributed by atoms with Gasteiger partial charge in [0, 0.05) is 6.54 Å². The van der Waals surface area contributed by atoms with Crippen LogP contribution in [-0.2, 0) is 4.79 Å². The summed E-state index contributed by atoms with van der Waals surface area (Å²) in [5.74, 6) is -0.437. The minimum Gasteiger partial charge on any atom is -0.493 e. The van der Waals surface area contributed by atoms with Crippen molar-refractivity contribution in [2.24, 2.45) is 5.73 Å². The van der Waals surface area contributed by atoms with E-state index in [4.69, 9.17) is 20.3 Å². The molecule has 1 atom stereocenters. The Bertz CT molecular complexity index is 443. The first kappa shape index (κ1) is 12.7. The third-order valence-corrected chi connectivity index (χ3v) is 2.94. The average molecular weight is 251 g/mol. The molecule has 3 N–H and O–H groups in total. The van der Waals surface area contributed by atoms with Crippen molar-refractivity contribution < 1.29 is 19.4 Å². The fraction of sp³-hybridized carbons (Fsp3) is 0.462. The summed E-state index contributed by atoms with van der Waals surface area (Å²) < 4.78 is 10.9. The van der Waals surface area contributed by atoms with Gasteiger partial charge in [0.1, 0.15) is 0 Å². The Kier molecular flexibility index (Phi) is 3.72. The van der Waals surface area contributed by atoms with Gasteiger partial charge in [-0.1, -0.05) is 6.07 Å². The van der Waals surface area contributed by atoms with Crippen LogP contribution >= 0.6 is 0 Å². The van der Waals surface area contributed by atoms with Gasteiger partial charge in [0.05, 0.1) is 19.1 Å². The van der Waals surface area contributed by atoms with E-state index < -0.39 is 11.9 Å². The number of ether oxygens (including phenoxy) is 2. The number of carboxylic acids is 1. The van der Waals surface area contributed by atoms with Crippen LogP contribution in [0.25, 0.3) is 0 Å². The Labute approximate surface area is 106 Å². The molecule has 0 spiro atoms. The number of benzene rings is 1. The van der Waals surface area contributed by atoms with E-state index in [0.29, 0.717) is 17.1 Å². The van der Waals surface area contributed by atoms with Gasteiger partial charge in [0.2, 0.25) is 0 Å². The van der Waals surface area contributed by atoms with E-state index >= 15 is 0 Å². The second-order valence-electron chi connectivity index (χ2n) is 4.35. The minimum atomic E-state index is -0.935. The summed E-state index contributed by atoms with van der Waals surface area (Å²) >= 11 is 0. The van der Waals surface area contributed by atoms with Gasteiger partial charge < -0.3 is 20.3 Å². The molecule has 18 heavy (non-hydrogen) atoms. The van der Waals surface area contributed by atoms with Gasteiger partial charge in [-0.15, -0.1) is 0 Å². The Balaban J connectivity index is 2.24. The predicted molar refractivity (Wildman–Crippen MR) is 66.1 cm³/mol. The van der Waals surface area contributed by atoms with Gasteiger partial charge in [-0.05, 0) is 30.5 Å². The summed E-state index contributed by atoms with van der Waals surface area (Å²) in [6.07, 6.45) is 2.39. The highest BCUT2D eigenvalue weighted by atomic mass is 16.5. The number of aliphatic carboxylic acids is 1. The Morgan fingerprint density at radius 1 is 1.50 bits per heavy atom. The van der Waals surface area contributed by atoms with Gasteiger partial charge >= 0.3 is 5.97 Å². The maximum Gasteiger partial charge on any atom is 0.312 e. The van der Waals surface area contributed by atoms with Crippen LogP contribution in [0, 0.1) is 0 Å². The number of hydrogen-bond donors (Lipinski definition) is 2. The third-order valence-electron chi connectivity index (χ3n) is 2.94. The topological polar surface area (TPSA) is 81.8 Å². The van der Waals surface area contributed by atoms with Gasteiger partial charge in [-0.25, -0.2) is 0 Å². The molecule has 1 aromatic carbocycles. The van der Waals surface area contributed by atoms with Crippen LogP contribution in [0.15, 0.2) is 18.2 Å². The Hall–Kier alpha value is -1.75. The third kappa shape index (κ3) is 2.73. The van der Waals surface area contributed by atoms with Gasteiger partial charge in [0.15, 0.2) is 11.5 Å². The van der Waals surface area contributed by atoms with Crippen molar-refractivity contribution in [3.63, 3.8) is 0 Å². The number of rotatable bonds is 6. The maximum absolute atomic E-state index is 11.1. The van der Waals surface area contributed by atoms with Crippen LogP contribution < -0.4 is 15.2 Å². The Morgan fingerprint density at radius 3 is 2.72 bits per heavy atom. The molecule has 0 radical (unpaired) electrons. The van der Waals surface area contributed by atoms with Crippen molar-refractivity contribution in [3.8, 4) is 11.5 Å². The largest absolute Gasteiger partial charge is 0.493 e. The van der Waals surface area contributed by atoms with Crippen LogP contribution in [0.3, 0.4) is 0 Å². The summed E-state index contributed by atoms with van der Waals surface area (Å²) in [4.78, 5) is 11.1. The zero-order valence-corrected chi connectivity index (χ0v) is 10.3. The molecule has 1 aromatic rings. The van der Waals surface area contributed by atoms with E-state index in [2.05, 4.69) is 0 Å². The van der Waals surface area contributed by atoms with Crippen molar-refractivity contribution in [1.29, 1.82) is 0 Å². The van der Waals surface area contributed by atoms with Gasteiger partial charge in [0.25, 0.3) is 0 Å². The monoisotopic (exact) mass is 251 g/mol. The molecular formula is C13H17NO4. The smallest absolute Gasteiger partial charge is 0.312 e. The molecule has 1 aliphatic carbocycles. The molecule has 0 aliphatic heterocycles. The molecule has 2 rings (SSSR count). The molecule has 0 bridgehead atoms. The van der Waals surface area contributed by atoms with Crippen LogP contribution in [0.5, 0.6) is 11.5 Å². The number of carboxylic acid groups (broad SMARTS) is 1. The maximum atomic E-state index is 11.1. The predicted octanol–water partition coefficient (Wildman–Crippen LogP) is 1.36. The van der Waals surface area contributed by atoms with E-state index in [0.717, 1.165) is 12.8 Å². The van der Waals surface area contributed by atoms with Crippen molar-refractivity contribution in [1.82, 2.24) is 0 Å². The fourth-order valence-electron chi connectivity index (χ4n) is 1.74. The Morgan fingerprint density at radius 2 is 2.22 bits per heavy atom. The van der Waals surface area contributed by atoms with Crippen molar-refractivity contribution in [2.75, 3.05) is 13.7 Å². The van der Waals surface area contributed by atoms with E-state index in [1.165, 1.54) is 7.11 Å². The second kappa shape index (κ2) is 5.27. The summed E-state index contributed by atoms with van der Waals surface area (Å²) in [6, 6.07) is 5.16. The molecule has 0 aromatic heterocycles. The molecule has 1 fully saturated rings. The first-order chi connectivity index (χ1) is 8.65. The molecule has 1 saturated carbocycles. The van der Waals surface area contributed by atoms with Crippen LogP contribution in [0.2, 0.25) is 0 Å². The second-order valence-corrected chi connectivity index (χ2v) is 4.35. The zero-order valence-electron chi connectivity index (χ0n) is 10.3. The summed E-state index contributed by atoms with van der Waals surface area (Å²) in [5, 5.41) is 9.06. The lowest BCUT2D eigenvalue weighted by atomic mass is 9.99. The van der Waals surface area contributed by atoms with E-state index in [9.17, 15) is 4.79 Å². The molecule has 1 aliphatic rings. The first-order valence-corrected chi connectivity index (χ1v) is 5.93. The standard InChI is InChI=1S/C13H17NO4/c1-17-12-6-8(10(7-14)13(15)16)2-5-11(12)18-9-3-4-9/h2,5-6,9-10H,3-4,7,14H2,1H3,(H,15,16). The number of carbonyl (C=O) groups is 1. The lowest BCUT2D eigenvalue weighted by Gasteiger charge is -2.14. The number of nitrogens with two attached hydrogens (primary N) is 1. The highest BCUT2D eigenvalue weighted by Gasteiger charge is 2.26. The minimum absolute atomic E-state index is 0.0569. The number of methoxy groups -OCH3 is 1. The molecule has 5 nitrogen and oxygen atoms in total. The average Bonchev–Trinajstić information content (AvgIpc) is 3.15. The quantitative estimate of drug-likeness (QED) is 0.797. The van der Waals surface area contributed by atoms with Crippen molar-refractivity contribution in [2.45, 2.75) is 24.9 Å². The fourth-order valence-corrected chi connectivity index (χ4v) is 1.74. The highest BCUT2D eigenvalue weighted by Crippen LogP contribution is 2.35. The zero-order chi connectivity index (χ0) is 13.1. The SMILES string of the molecule is COc1cc(C(CN)C(=O)O)ccc1OC1CC1. The van der Waals surface area contributed by atoms with Crippen LogP contribution in [-0.4, -0.2) is 30.8 Å². The molecular weight excluding hydrogens is 234 g/mol. The normalized spacial score (nSPS) is 16.1. The van der Waals surface area contributed by atoms with Gasteiger partial charge in [-0.2, -0.15) is 0 Å². The van der Waals surface area contributed by atoms with Gasteiger partial charge in [-0.3, -0.25) is 4.79 Å². The first-order valence-electron chi connectivity index (χ1n) is 5.93. The lowest BCUT2D eigenvalue weighted by Crippen LogP contribution is -2.21. The molecule has 0 heterocycles. The van der Waals surface area contributed by atoms with E-state index in [1.54, 1.807) is 18.2 Å². The lowest BCUT2D eigenvalue weighted by molar-refractivity contribution is -0.138. The molecule has 98 valence electrons. The van der Waals surface area contributed by atoms with Crippen LogP contribution in [0.1, 0.15) is 24.3 Å². The molecule has 0 amide bonds. The van der Waals surface area contributed by atoms with Crippen molar-refractivity contribution in [3.05, 3.63) is 23.8 Å². The summed E-state index contributed by atoms with van der Waals surface area (Å²) in [6.45, 7) is 0.0569.